The first-order chi connectivity index (χ1) is 22.5. The number of rotatable bonds is 14. The number of imidazole rings is 1. The van der Waals surface area contributed by atoms with E-state index in [2.05, 4.69) is 53.3 Å². The van der Waals surface area contributed by atoms with Crippen molar-refractivity contribution in [3.63, 3.8) is 0 Å². The molecular formula is C37H46Cl2N4O3. The molecule has 46 heavy (non-hydrogen) atoms. The van der Waals surface area contributed by atoms with Crippen molar-refractivity contribution >= 4 is 34.2 Å². The molecule has 7 nitrogen and oxygen atoms in total. The number of nitrogens with zero attached hydrogens (tertiary/aromatic N) is 4. The van der Waals surface area contributed by atoms with Gasteiger partial charge in [-0.25, -0.2) is 4.98 Å². The predicted molar refractivity (Wildman–Crippen MR) is 188 cm³/mol. The number of halogens is 2. The van der Waals surface area contributed by atoms with Crippen molar-refractivity contribution < 1.29 is 14.2 Å². The van der Waals surface area contributed by atoms with Gasteiger partial charge in [-0.15, -0.1) is 0 Å². The number of hydrogen-bond donors (Lipinski definition) is 0. The second-order valence-corrected chi connectivity index (χ2v) is 13.2. The van der Waals surface area contributed by atoms with Gasteiger partial charge in [-0.2, -0.15) is 0 Å². The van der Waals surface area contributed by atoms with Crippen molar-refractivity contribution in [2.75, 3.05) is 39.4 Å². The van der Waals surface area contributed by atoms with Gasteiger partial charge in [0.15, 0.2) is 5.75 Å². The van der Waals surface area contributed by atoms with E-state index in [0.29, 0.717) is 46.8 Å². The molecule has 2 aliphatic rings. The molecule has 4 aromatic rings. The van der Waals surface area contributed by atoms with Crippen molar-refractivity contribution in [3.05, 3.63) is 64.6 Å². The van der Waals surface area contributed by atoms with Gasteiger partial charge in [-0.1, -0.05) is 62.5 Å². The lowest BCUT2D eigenvalue weighted by molar-refractivity contribution is 0.174. The van der Waals surface area contributed by atoms with Gasteiger partial charge in [0.1, 0.15) is 41.8 Å². The third kappa shape index (κ3) is 7.44. The van der Waals surface area contributed by atoms with Crippen LogP contribution in [0.4, 0.5) is 0 Å². The van der Waals surface area contributed by atoms with E-state index < -0.39 is 0 Å². The van der Waals surface area contributed by atoms with Gasteiger partial charge in [0.05, 0.1) is 15.6 Å². The maximum absolute atomic E-state index is 6.67. The van der Waals surface area contributed by atoms with E-state index in [1.807, 2.05) is 24.3 Å². The Balaban J connectivity index is 1.37. The van der Waals surface area contributed by atoms with Gasteiger partial charge in [0.25, 0.3) is 0 Å². The van der Waals surface area contributed by atoms with Crippen LogP contribution in [0, 0.1) is 0 Å². The summed E-state index contributed by atoms with van der Waals surface area (Å²) in [4.78, 5) is 10.3. The molecule has 0 radical (unpaired) electrons. The van der Waals surface area contributed by atoms with Gasteiger partial charge in [-0.3, -0.25) is 9.80 Å². The first-order valence-electron chi connectivity index (χ1n) is 17.0. The quantitative estimate of drug-likeness (QED) is 0.134. The monoisotopic (exact) mass is 664 g/mol. The molecule has 9 heteroatoms. The smallest absolute Gasteiger partial charge is 0.150 e. The fourth-order valence-corrected chi connectivity index (χ4v) is 7.17. The van der Waals surface area contributed by atoms with Crippen molar-refractivity contribution in [1.29, 1.82) is 0 Å². The molecule has 3 heterocycles. The lowest BCUT2D eigenvalue weighted by Crippen LogP contribution is -2.34. The van der Waals surface area contributed by atoms with Crippen LogP contribution >= 0.6 is 23.2 Å². The highest BCUT2D eigenvalue weighted by Gasteiger charge is 2.26. The van der Waals surface area contributed by atoms with Crippen LogP contribution in [0.1, 0.15) is 59.3 Å². The van der Waals surface area contributed by atoms with Gasteiger partial charge in [0.2, 0.25) is 0 Å². The number of fused-ring (bicyclic) bond motifs is 1. The molecule has 1 aromatic heterocycles. The molecule has 0 amide bonds. The Morgan fingerprint density at radius 2 is 1.50 bits per heavy atom. The number of likely N-dealkylation sites (tertiary alicyclic amines) is 2. The number of hydrogen-bond acceptors (Lipinski definition) is 6. The highest BCUT2D eigenvalue weighted by Crippen LogP contribution is 2.37. The molecular weight excluding hydrogens is 619 g/mol. The van der Waals surface area contributed by atoms with Crippen molar-refractivity contribution in [2.24, 2.45) is 0 Å². The first-order valence-corrected chi connectivity index (χ1v) is 17.7. The van der Waals surface area contributed by atoms with Crippen LogP contribution in [-0.4, -0.2) is 70.8 Å². The predicted octanol–water partition coefficient (Wildman–Crippen LogP) is 9.33. The maximum atomic E-state index is 6.67. The van der Waals surface area contributed by atoms with Crippen LogP contribution in [0.2, 0.25) is 10.0 Å². The summed E-state index contributed by atoms with van der Waals surface area (Å²) in [5.74, 6) is 3.83. The Bertz CT molecular complexity index is 1630. The van der Waals surface area contributed by atoms with Crippen molar-refractivity contribution in [2.45, 2.75) is 77.9 Å². The lowest BCUT2D eigenvalue weighted by Gasteiger charge is -2.24. The van der Waals surface area contributed by atoms with Gasteiger partial charge >= 0.3 is 0 Å². The average Bonchev–Trinajstić information content (AvgIpc) is 3.82. The zero-order valence-electron chi connectivity index (χ0n) is 27.3. The van der Waals surface area contributed by atoms with Crippen LogP contribution in [0.3, 0.4) is 0 Å². The summed E-state index contributed by atoms with van der Waals surface area (Å²) in [5, 5.41) is 0.951. The third-order valence-electron chi connectivity index (χ3n) is 9.43. The van der Waals surface area contributed by atoms with Crippen LogP contribution in [-0.2, 0) is 6.54 Å². The van der Waals surface area contributed by atoms with Gasteiger partial charge in [-0.05, 0) is 82.5 Å². The Kier molecular flexibility index (Phi) is 11.0. The van der Waals surface area contributed by atoms with Crippen LogP contribution in [0.5, 0.6) is 23.0 Å². The SMILES string of the molecule is CCCCn1c(-c2cccc(Oc3ccc(Cl)c(Cl)c3)c2)nc2c(OCC3CCCN3CC)cc(OCC3CCCN3CC)cc21. The minimum Gasteiger partial charge on any atom is -0.492 e. The molecule has 2 atom stereocenters. The summed E-state index contributed by atoms with van der Waals surface area (Å²) in [5.41, 5.74) is 2.87. The normalized spacial score (nSPS) is 18.9. The Labute approximate surface area is 283 Å². The molecule has 2 aliphatic heterocycles. The van der Waals surface area contributed by atoms with Gasteiger partial charge < -0.3 is 18.8 Å². The number of ether oxygens (including phenoxy) is 3. The standard InChI is InChI=1S/C37H46Cl2N4O3/c1-4-7-19-43-34-22-31(44-24-27-12-9-17-41(27)5-2)23-35(45-25-28-13-10-18-42(28)6-3)36(34)40-37(43)26-11-8-14-29(20-26)46-30-15-16-32(38)33(39)21-30/h8,11,14-16,20-23,27-28H,4-7,9-10,12-13,17-19,24-25H2,1-3H3. The van der Waals surface area contributed by atoms with Gasteiger partial charge in [0, 0.05) is 42.4 Å². The zero-order valence-corrected chi connectivity index (χ0v) is 28.8. The second-order valence-electron chi connectivity index (χ2n) is 12.4. The lowest BCUT2D eigenvalue weighted by atomic mass is 10.2. The van der Waals surface area contributed by atoms with E-state index in [1.54, 1.807) is 12.1 Å². The summed E-state index contributed by atoms with van der Waals surface area (Å²) in [6.45, 7) is 13.2. The minimum absolute atomic E-state index is 0.415. The second kappa shape index (κ2) is 15.3. The van der Waals surface area contributed by atoms with E-state index in [9.17, 15) is 0 Å². The van der Waals surface area contributed by atoms with E-state index >= 15 is 0 Å². The number of aromatic nitrogens is 2. The van der Waals surface area contributed by atoms with Crippen LogP contribution in [0.15, 0.2) is 54.6 Å². The summed E-state index contributed by atoms with van der Waals surface area (Å²) < 4.78 is 21.7. The number of aryl methyl sites for hydroxylation is 1. The molecule has 0 saturated carbocycles. The van der Waals surface area contributed by atoms with Crippen molar-refractivity contribution in [3.8, 4) is 34.4 Å². The summed E-state index contributed by atoms with van der Waals surface area (Å²) >= 11 is 12.4. The van der Waals surface area contributed by atoms with Crippen molar-refractivity contribution in [1.82, 2.24) is 19.4 Å². The summed E-state index contributed by atoms with van der Waals surface area (Å²) in [6, 6.07) is 18.4. The molecule has 2 saturated heterocycles. The zero-order chi connectivity index (χ0) is 32.0. The number of benzene rings is 3. The Morgan fingerprint density at radius 3 is 2.20 bits per heavy atom. The minimum atomic E-state index is 0.415. The molecule has 3 aromatic carbocycles. The molecule has 6 rings (SSSR count). The fourth-order valence-electron chi connectivity index (χ4n) is 6.88. The number of unbranched alkanes of at least 4 members (excludes halogenated alkanes) is 1. The summed E-state index contributed by atoms with van der Waals surface area (Å²) in [6.07, 6.45) is 6.87. The van der Waals surface area contributed by atoms with E-state index in [-0.39, 0.29) is 0 Å². The molecule has 0 aliphatic carbocycles. The maximum Gasteiger partial charge on any atom is 0.150 e. The van der Waals surface area contributed by atoms with E-state index in [0.717, 1.165) is 85.9 Å². The average molecular weight is 666 g/mol. The fraction of sp³-hybridized carbons (Fsp3) is 0.486. The van der Waals surface area contributed by atoms with Crippen LogP contribution in [0.25, 0.3) is 22.4 Å². The highest BCUT2D eigenvalue weighted by molar-refractivity contribution is 6.42. The molecule has 0 bridgehead atoms. The highest BCUT2D eigenvalue weighted by atomic mass is 35.5. The first kappa shape index (κ1) is 33.0. The number of likely N-dealkylation sites (N-methyl/N-ethyl adjacent to an activating group) is 2. The van der Waals surface area contributed by atoms with E-state index in [4.69, 9.17) is 42.4 Å². The topological polar surface area (TPSA) is 52.0 Å². The third-order valence-corrected chi connectivity index (χ3v) is 10.2. The largest absolute Gasteiger partial charge is 0.492 e. The van der Waals surface area contributed by atoms with Crippen LogP contribution < -0.4 is 14.2 Å². The molecule has 246 valence electrons. The molecule has 0 spiro atoms. The summed E-state index contributed by atoms with van der Waals surface area (Å²) in [7, 11) is 0. The Hall–Kier alpha value is -2.97. The molecule has 0 N–H and O–H groups in total. The molecule has 2 unspecified atom stereocenters. The van der Waals surface area contributed by atoms with E-state index in [1.165, 1.54) is 19.3 Å². The Morgan fingerprint density at radius 1 is 0.783 bits per heavy atom. The molecule has 2 fully saturated rings.